The van der Waals surface area contributed by atoms with E-state index in [2.05, 4.69) is 5.32 Å². The fourth-order valence-electron chi connectivity index (χ4n) is 3.06. The van der Waals surface area contributed by atoms with Gasteiger partial charge in [0, 0.05) is 24.3 Å². The van der Waals surface area contributed by atoms with Crippen LogP contribution in [-0.4, -0.2) is 18.4 Å². The van der Waals surface area contributed by atoms with Gasteiger partial charge in [0.1, 0.15) is 5.82 Å². The summed E-state index contributed by atoms with van der Waals surface area (Å²) in [4.78, 5) is 26.5. The number of hydrogen-bond donors (Lipinski definition) is 1. The third-order valence-electron chi connectivity index (χ3n) is 4.80. The molecule has 1 aliphatic heterocycles. The summed E-state index contributed by atoms with van der Waals surface area (Å²) in [6.07, 6.45) is 0.160. The summed E-state index contributed by atoms with van der Waals surface area (Å²) in [7, 11) is 0. The first-order valence-electron chi connectivity index (χ1n) is 8.30. The lowest BCUT2D eigenvalue weighted by Gasteiger charge is -2.20. The van der Waals surface area contributed by atoms with Gasteiger partial charge in [0.2, 0.25) is 11.8 Å². The molecule has 0 aliphatic carbocycles. The Morgan fingerprint density at radius 2 is 1.92 bits per heavy atom. The highest BCUT2D eigenvalue weighted by molar-refractivity contribution is 6.03. The largest absolute Gasteiger partial charge is 0.326 e. The molecule has 5 heteroatoms. The molecule has 1 aliphatic rings. The van der Waals surface area contributed by atoms with E-state index in [9.17, 15) is 14.0 Å². The van der Waals surface area contributed by atoms with Crippen LogP contribution in [0.5, 0.6) is 0 Å². The van der Waals surface area contributed by atoms with Gasteiger partial charge in [-0.25, -0.2) is 4.39 Å². The molecule has 1 heterocycles. The molecular weight excluding hydrogens is 319 g/mol. The number of carbonyl (C=O) groups excluding carboxylic acids is 2. The van der Waals surface area contributed by atoms with Crippen LogP contribution in [0.1, 0.15) is 23.1 Å². The molecule has 25 heavy (non-hydrogen) atoms. The average molecular weight is 340 g/mol. The van der Waals surface area contributed by atoms with E-state index >= 15 is 0 Å². The molecule has 4 nitrogen and oxygen atoms in total. The van der Waals surface area contributed by atoms with Crippen LogP contribution in [0, 0.1) is 32.5 Å². The van der Waals surface area contributed by atoms with Crippen molar-refractivity contribution in [2.45, 2.75) is 27.2 Å². The van der Waals surface area contributed by atoms with Crippen LogP contribution in [0.3, 0.4) is 0 Å². The van der Waals surface area contributed by atoms with Gasteiger partial charge < -0.3 is 10.2 Å². The molecule has 1 atom stereocenters. The molecular formula is C20H21FN2O2. The lowest BCUT2D eigenvalue weighted by atomic mass is 10.1. The van der Waals surface area contributed by atoms with E-state index in [1.165, 1.54) is 6.07 Å². The highest BCUT2D eigenvalue weighted by atomic mass is 19.1. The van der Waals surface area contributed by atoms with Gasteiger partial charge in [0.05, 0.1) is 5.92 Å². The van der Waals surface area contributed by atoms with Gasteiger partial charge in [-0.1, -0.05) is 18.2 Å². The van der Waals surface area contributed by atoms with Crippen molar-refractivity contribution >= 4 is 23.2 Å². The van der Waals surface area contributed by atoms with Crippen molar-refractivity contribution in [3.8, 4) is 0 Å². The van der Waals surface area contributed by atoms with E-state index in [1.807, 2.05) is 32.0 Å². The molecule has 130 valence electrons. The molecule has 1 saturated heterocycles. The fraction of sp³-hybridized carbons (Fsp3) is 0.300. The number of nitrogens with one attached hydrogen (secondary N) is 1. The zero-order valence-corrected chi connectivity index (χ0v) is 14.6. The minimum Gasteiger partial charge on any atom is -0.326 e. The van der Waals surface area contributed by atoms with E-state index in [1.54, 1.807) is 24.0 Å². The number of benzene rings is 2. The number of hydrogen-bond acceptors (Lipinski definition) is 2. The van der Waals surface area contributed by atoms with E-state index in [0.717, 1.165) is 16.8 Å². The average Bonchev–Trinajstić information content (AvgIpc) is 2.95. The lowest BCUT2D eigenvalue weighted by Crippen LogP contribution is -2.28. The third-order valence-corrected chi connectivity index (χ3v) is 4.80. The first-order valence-corrected chi connectivity index (χ1v) is 8.30. The molecule has 0 bridgehead atoms. The Kier molecular flexibility index (Phi) is 4.57. The van der Waals surface area contributed by atoms with Gasteiger partial charge >= 0.3 is 0 Å². The van der Waals surface area contributed by atoms with Gasteiger partial charge in [0.15, 0.2) is 0 Å². The summed E-state index contributed by atoms with van der Waals surface area (Å²) in [6, 6.07) is 10.4. The summed E-state index contributed by atoms with van der Waals surface area (Å²) in [5, 5.41) is 2.71. The van der Waals surface area contributed by atoms with Crippen LogP contribution in [0.4, 0.5) is 15.8 Å². The molecule has 1 fully saturated rings. The number of anilines is 2. The van der Waals surface area contributed by atoms with Crippen molar-refractivity contribution in [1.29, 1.82) is 0 Å². The first kappa shape index (κ1) is 17.1. The minimum absolute atomic E-state index is 0.0658. The molecule has 0 spiro atoms. The summed E-state index contributed by atoms with van der Waals surface area (Å²) >= 11 is 0. The van der Waals surface area contributed by atoms with Crippen molar-refractivity contribution < 1.29 is 14.0 Å². The number of amides is 2. The van der Waals surface area contributed by atoms with Crippen molar-refractivity contribution in [2.24, 2.45) is 5.92 Å². The maximum absolute atomic E-state index is 13.6. The standard InChI is InChI=1S/C20H21FN2O2/c1-12-5-4-6-18(14(12)3)23-11-15(9-19(23)24)20(25)22-16-8-7-13(2)17(21)10-16/h4-8,10,15H,9,11H2,1-3H3,(H,22,25)/t15-/m1/s1. The molecule has 2 amide bonds. The zero-order valence-electron chi connectivity index (χ0n) is 14.6. The van der Waals surface area contributed by atoms with Crippen LogP contribution in [0.15, 0.2) is 36.4 Å². The highest BCUT2D eigenvalue weighted by Crippen LogP contribution is 2.30. The van der Waals surface area contributed by atoms with E-state index in [4.69, 9.17) is 0 Å². The SMILES string of the molecule is Cc1ccc(NC(=O)[C@@H]2CC(=O)N(c3cccc(C)c3C)C2)cc1F. The second-order valence-electron chi connectivity index (χ2n) is 6.58. The Labute approximate surface area is 146 Å². The number of nitrogens with zero attached hydrogens (tertiary/aromatic N) is 1. The Morgan fingerprint density at radius 1 is 1.16 bits per heavy atom. The van der Waals surface area contributed by atoms with E-state index in [-0.39, 0.29) is 24.1 Å². The summed E-state index contributed by atoms with van der Waals surface area (Å²) in [5.41, 5.74) is 3.92. The normalized spacial score (nSPS) is 17.0. The predicted octanol–water partition coefficient (Wildman–Crippen LogP) is 3.74. The Hall–Kier alpha value is -2.69. The van der Waals surface area contributed by atoms with Crippen LogP contribution in [0.25, 0.3) is 0 Å². The maximum Gasteiger partial charge on any atom is 0.229 e. The Bertz CT molecular complexity index is 848. The molecule has 0 unspecified atom stereocenters. The Balaban J connectivity index is 1.74. The highest BCUT2D eigenvalue weighted by Gasteiger charge is 2.35. The smallest absolute Gasteiger partial charge is 0.229 e. The van der Waals surface area contributed by atoms with Gasteiger partial charge in [-0.05, 0) is 55.7 Å². The number of aryl methyl sites for hydroxylation is 2. The predicted molar refractivity (Wildman–Crippen MR) is 96.1 cm³/mol. The van der Waals surface area contributed by atoms with Gasteiger partial charge in [0.25, 0.3) is 0 Å². The summed E-state index contributed by atoms with van der Waals surface area (Å²) in [6.45, 7) is 5.97. The van der Waals surface area contributed by atoms with E-state index < -0.39 is 5.92 Å². The van der Waals surface area contributed by atoms with Crippen molar-refractivity contribution in [3.63, 3.8) is 0 Å². The summed E-state index contributed by atoms with van der Waals surface area (Å²) in [5.74, 6) is -1.14. The quantitative estimate of drug-likeness (QED) is 0.925. The second kappa shape index (κ2) is 6.67. The minimum atomic E-state index is -0.447. The van der Waals surface area contributed by atoms with Crippen LogP contribution in [0.2, 0.25) is 0 Å². The lowest BCUT2D eigenvalue weighted by molar-refractivity contribution is -0.122. The van der Waals surface area contributed by atoms with Crippen LogP contribution < -0.4 is 10.2 Å². The molecule has 0 saturated carbocycles. The van der Waals surface area contributed by atoms with Gasteiger partial charge in [-0.3, -0.25) is 9.59 Å². The van der Waals surface area contributed by atoms with Crippen LogP contribution in [-0.2, 0) is 9.59 Å². The fourth-order valence-corrected chi connectivity index (χ4v) is 3.06. The summed E-state index contributed by atoms with van der Waals surface area (Å²) < 4.78 is 13.6. The molecule has 1 N–H and O–H groups in total. The van der Waals surface area contributed by atoms with Gasteiger partial charge in [-0.2, -0.15) is 0 Å². The van der Waals surface area contributed by atoms with Crippen molar-refractivity contribution in [3.05, 3.63) is 58.9 Å². The Morgan fingerprint density at radius 3 is 2.64 bits per heavy atom. The van der Waals surface area contributed by atoms with Crippen LogP contribution >= 0.6 is 0 Å². The zero-order chi connectivity index (χ0) is 18.1. The molecule has 0 aromatic heterocycles. The molecule has 2 aromatic rings. The maximum atomic E-state index is 13.6. The van der Waals surface area contributed by atoms with E-state index in [0.29, 0.717) is 17.8 Å². The number of carbonyl (C=O) groups is 2. The number of rotatable bonds is 3. The topological polar surface area (TPSA) is 49.4 Å². The second-order valence-corrected chi connectivity index (χ2v) is 6.58. The van der Waals surface area contributed by atoms with Crippen molar-refractivity contribution in [2.75, 3.05) is 16.8 Å². The van der Waals surface area contributed by atoms with Gasteiger partial charge in [-0.15, -0.1) is 0 Å². The third kappa shape index (κ3) is 3.40. The molecule has 3 rings (SSSR count). The first-order chi connectivity index (χ1) is 11.9. The molecule has 0 radical (unpaired) electrons. The molecule has 2 aromatic carbocycles. The monoisotopic (exact) mass is 340 g/mol. The number of halogens is 1. The van der Waals surface area contributed by atoms with Crippen molar-refractivity contribution in [1.82, 2.24) is 0 Å².